The van der Waals surface area contributed by atoms with Crippen molar-refractivity contribution in [1.82, 2.24) is 5.73 Å². The summed E-state index contributed by atoms with van der Waals surface area (Å²) in [5, 5.41) is 0. The van der Waals surface area contributed by atoms with Crippen LogP contribution in [-0.2, 0) is 4.79 Å². The summed E-state index contributed by atoms with van der Waals surface area (Å²) in [6, 6.07) is 0. The number of carbonyl (C=O) groups excluding carboxylic acids is 1. The van der Waals surface area contributed by atoms with Crippen molar-refractivity contribution >= 4 is 5.91 Å². The molecule has 0 fully saturated rings. The molecule has 1 atom stereocenters. The first kappa shape index (κ1) is 6.43. The van der Waals surface area contributed by atoms with E-state index < -0.39 is 5.91 Å². The number of hydrogen-bond donors (Lipinski definition) is 1. The smallest absolute Gasteiger partial charge is 0.221 e. The van der Waals surface area contributed by atoms with Crippen molar-refractivity contribution in [2.45, 2.75) is 6.92 Å². The normalized spacial score (nSPS) is 13.4. The summed E-state index contributed by atoms with van der Waals surface area (Å²) in [4.78, 5) is 10.0. The molecule has 0 bridgehead atoms. The lowest BCUT2D eigenvalue weighted by Gasteiger charge is -1.97. The van der Waals surface area contributed by atoms with Gasteiger partial charge in [0, 0.05) is 12.5 Å². The topological polar surface area (TPSA) is 66.9 Å². The molecule has 1 unspecified atom stereocenters. The molecule has 0 aliphatic heterocycles. The van der Waals surface area contributed by atoms with Crippen LogP contribution in [0.2, 0.25) is 0 Å². The van der Waals surface area contributed by atoms with E-state index in [-0.39, 0.29) is 12.5 Å². The Labute approximate surface area is 42.7 Å². The van der Waals surface area contributed by atoms with Gasteiger partial charge in [0.25, 0.3) is 0 Å². The van der Waals surface area contributed by atoms with Gasteiger partial charge in [-0.05, 0) is 0 Å². The van der Waals surface area contributed by atoms with Gasteiger partial charge in [0.05, 0.1) is 0 Å². The third-order valence-corrected chi connectivity index (χ3v) is 0.792. The fraction of sp³-hybridized carbons (Fsp3) is 0.750. The molecule has 0 aliphatic carbocycles. The average molecular weight is 101 g/mol. The zero-order valence-corrected chi connectivity index (χ0v) is 4.27. The summed E-state index contributed by atoms with van der Waals surface area (Å²) in [5.74, 6) is -0.685. The Morgan fingerprint density at radius 2 is 2.43 bits per heavy atom. The molecular formula is C4H9N2O. The van der Waals surface area contributed by atoms with Crippen molar-refractivity contribution < 1.29 is 4.79 Å². The number of nitrogens with one attached hydrogen (secondary N) is 1. The van der Waals surface area contributed by atoms with Crippen LogP contribution in [0.25, 0.3) is 0 Å². The number of amides is 1. The van der Waals surface area contributed by atoms with E-state index in [1.807, 2.05) is 0 Å². The van der Waals surface area contributed by atoms with Gasteiger partial charge in [-0.2, -0.15) is 0 Å². The van der Waals surface area contributed by atoms with Crippen LogP contribution in [0.1, 0.15) is 6.92 Å². The minimum atomic E-state index is -0.394. The maximum Gasteiger partial charge on any atom is 0.221 e. The molecule has 3 nitrogen and oxygen atoms in total. The molecular weight excluding hydrogens is 92.1 g/mol. The first-order valence-electron chi connectivity index (χ1n) is 2.12. The van der Waals surface area contributed by atoms with Gasteiger partial charge in [-0.25, -0.2) is 0 Å². The van der Waals surface area contributed by atoms with Gasteiger partial charge in [0.2, 0.25) is 5.91 Å². The summed E-state index contributed by atoms with van der Waals surface area (Å²) in [5.41, 5.74) is 11.4. The highest BCUT2D eigenvalue weighted by atomic mass is 16.1. The molecule has 0 rings (SSSR count). The highest BCUT2D eigenvalue weighted by Gasteiger charge is 2.03. The minimum Gasteiger partial charge on any atom is -0.369 e. The number of primary amides is 1. The number of carbonyl (C=O) groups is 1. The van der Waals surface area contributed by atoms with Crippen molar-refractivity contribution in [3.63, 3.8) is 0 Å². The van der Waals surface area contributed by atoms with E-state index in [0.29, 0.717) is 0 Å². The maximum atomic E-state index is 10.0. The van der Waals surface area contributed by atoms with Gasteiger partial charge in [-0.1, -0.05) is 6.92 Å². The van der Waals surface area contributed by atoms with Crippen LogP contribution in [0.4, 0.5) is 0 Å². The molecule has 0 saturated carbocycles. The second-order valence-electron chi connectivity index (χ2n) is 1.51. The third-order valence-electron chi connectivity index (χ3n) is 0.792. The predicted molar refractivity (Wildman–Crippen MR) is 26.3 cm³/mol. The number of rotatable bonds is 2. The van der Waals surface area contributed by atoms with Gasteiger partial charge in [0.1, 0.15) is 0 Å². The molecule has 7 heavy (non-hydrogen) atoms. The van der Waals surface area contributed by atoms with Crippen LogP contribution in [-0.4, -0.2) is 12.5 Å². The maximum absolute atomic E-state index is 10.0. The van der Waals surface area contributed by atoms with Crippen molar-refractivity contribution in [3.8, 4) is 0 Å². The first-order chi connectivity index (χ1) is 3.18. The van der Waals surface area contributed by atoms with E-state index in [4.69, 9.17) is 11.5 Å². The van der Waals surface area contributed by atoms with Crippen molar-refractivity contribution in [2.75, 3.05) is 6.54 Å². The third kappa shape index (κ3) is 2.17. The van der Waals surface area contributed by atoms with E-state index in [9.17, 15) is 4.79 Å². The summed E-state index contributed by atoms with van der Waals surface area (Å²) in [6.07, 6.45) is 0. The molecule has 3 N–H and O–H groups in total. The Kier molecular flexibility index (Phi) is 2.37. The Morgan fingerprint density at radius 3 is 2.43 bits per heavy atom. The van der Waals surface area contributed by atoms with Crippen LogP contribution in [0.5, 0.6) is 0 Å². The standard InChI is InChI=1S/C4H9N2O/c1-3(2-5)4(6)7/h3,5H,2H2,1H3,(H2,6,7). The molecule has 0 aliphatic rings. The van der Waals surface area contributed by atoms with Crippen molar-refractivity contribution in [2.24, 2.45) is 11.7 Å². The fourth-order valence-electron chi connectivity index (χ4n) is 0.101. The second-order valence-corrected chi connectivity index (χ2v) is 1.51. The molecule has 0 spiro atoms. The first-order valence-corrected chi connectivity index (χ1v) is 2.12. The zero-order chi connectivity index (χ0) is 5.86. The summed E-state index contributed by atoms with van der Waals surface area (Å²) < 4.78 is 0. The number of nitrogens with two attached hydrogens (primary N) is 1. The largest absolute Gasteiger partial charge is 0.369 e. The van der Waals surface area contributed by atoms with E-state index in [1.165, 1.54) is 0 Å². The van der Waals surface area contributed by atoms with Crippen LogP contribution in [0, 0.1) is 5.92 Å². The molecule has 1 radical (unpaired) electrons. The zero-order valence-electron chi connectivity index (χ0n) is 4.27. The molecule has 1 amide bonds. The second kappa shape index (κ2) is 2.58. The molecule has 0 saturated heterocycles. The summed E-state index contributed by atoms with van der Waals surface area (Å²) in [7, 11) is 0. The summed E-state index contributed by atoms with van der Waals surface area (Å²) >= 11 is 0. The molecule has 0 heterocycles. The molecule has 0 aromatic rings. The molecule has 41 valence electrons. The Balaban J connectivity index is 3.34. The van der Waals surface area contributed by atoms with Crippen LogP contribution < -0.4 is 11.5 Å². The van der Waals surface area contributed by atoms with Gasteiger partial charge < -0.3 is 5.73 Å². The molecule has 0 aromatic heterocycles. The van der Waals surface area contributed by atoms with Gasteiger partial charge in [0.15, 0.2) is 0 Å². The predicted octanol–water partition coefficient (Wildman–Crippen LogP) is -0.609. The van der Waals surface area contributed by atoms with E-state index in [0.717, 1.165) is 0 Å². The Bertz CT molecular complexity index is 72.1. The number of hydrogen-bond acceptors (Lipinski definition) is 1. The lowest BCUT2D eigenvalue weighted by Crippen LogP contribution is -2.23. The van der Waals surface area contributed by atoms with E-state index in [2.05, 4.69) is 0 Å². The lowest BCUT2D eigenvalue weighted by atomic mass is 10.2. The van der Waals surface area contributed by atoms with Gasteiger partial charge in [-0.3, -0.25) is 10.5 Å². The lowest BCUT2D eigenvalue weighted by molar-refractivity contribution is -0.121. The SMILES string of the molecule is CC(C[NH])C(N)=O. The van der Waals surface area contributed by atoms with Crippen molar-refractivity contribution in [3.05, 3.63) is 0 Å². The monoisotopic (exact) mass is 101 g/mol. The molecule has 0 aromatic carbocycles. The van der Waals surface area contributed by atoms with E-state index >= 15 is 0 Å². The Morgan fingerprint density at radius 1 is 2.00 bits per heavy atom. The molecule has 3 heteroatoms. The van der Waals surface area contributed by atoms with Gasteiger partial charge >= 0.3 is 0 Å². The Hall–Kier alpha value is -0.570. The van der Waals surface area contributed by atoms with Gasteiger partial charge in [-0.15, -0.1) is 0 Å². The van der Waals surface area contributed by atoms with Crippen LogP contribution >= 0.6 is 0 Å². The van der Waals surface area contributed by atoms with Crippen LogP contribution in [0.3, 0.4) is 0 Å². The average Bonchev–Trinajstić information content (AvgIpc) is 1.65. The summed E-state index contributed by atoms with van der Waals surface area (Å²) in [6.45, 7) is 1.73. The van der Waals surface area contributed by atoms with Crippen molar-refractivity contribution in [1.29, 1.82) is 0 Å². The highest BCUT2D eigenvalue weighted by Crippen LogP contribution is 1.85. The minimum absolute atomic E-state index is 0.0926. The highest BCUT2D eigenvalue weighted by molar-refractivity contribution is 5.76. The fourth-order valence-corrected chi connectivity index (χ4v) is 0.101. The van der Waals surface area contributed by atoms with E-state index in [1.54, 1.807) is 6.92 Å². The van der Waals surface area contributed by atoms with Crippen LogP contribution in [0.15, 0.2) is 0 Å². The quantitative estimate of drug-likeness (QED) is 0.495.